The average Bonchev–Trinajstić information content (AvgIpc) is 2.75. The SMILES string of the molecule is CC(C)c1nc(N(C)S(C)(=O)=O)nc(-c2ccc(F)cc2)c1/C=C/C(O)CC(O)CC(=O)OC(C)(C)C. The van der Waals surface area contributed by atoms with Crippen LogP contribution in [0.25, 0.3) is 17.3 Å². The van der Waals surface area contributed by atoms with Gasteiger partial charge < -0.3 is 14.9 Å². The third-order valence-electron chi connectivity index (χ3n) is 5.23. The lowest BCUT2D eigenvalue weighted by Gasteiger charge is -2.21. The summed E-state index contributed by atoms with van der Waals surface area (Å²) in [6, 6.07) is 5.57. The first-order valence-corrected chi connectivity index (χ1v) is 13.7. The second-order valence-electron chi connectivity index (χ2n) is 10.2. The molecule has 0 amide bonds. The molecule has 37 heavy (non-hydrogen) atoms. The van der Waals surface area contributed by atoms with E-state index in [1.54, 1.807) is 26.8 Å². The highest BCUT2D eigenvalue weighted by Crippen LogP contribution is 2.31. The van der Waals surface area contributed by atoms with Gasteiger partial charge in [-0.3, -0.25) is 4.79 Å². The Labute approximate surface area is 218 Å². The van der Waals surface area contributed by atoms with Gasteiger partial charge in [0.25, 0.3) is 0 Å². The minimum atomic E-state index is -3.65. The summed E-state index contributed by atoms with van der Waals surface area (Å²) in [6.07, 6.45) is 1.44. The Kier molecular flexibility index (Phi) is 9.92. The smallest absolute Gasteiger partial charge is 0.308 e. The number of benzene rings is 1. The fourth-order valence-corrected chi connectivity index (χ4v) is 3.80. The van der Waals surface area contributed by atoms with E-state index in [4.69, 9.17) is 4.74 Å². The van der Waals surface area contributed by atoms with E-state index in [0.717, 1.165) is 10.6 Å². The maximum atomic E-state index is 13.6. The Hall–Kier alpha value is -2.89. The predicted octanol–water partition coefficient (Wildman–Crippen LogP) is 3.66. The third kappa shape index (κ3) is 9.17. The molecule has 0 saturated heterocycles. The number of ether oxygens (including phenoxy) is 1. The van der Waals surface area contributed by atoms with Crippen LogP contribution in [0.4, 0.5) is 10.3 Å². The number of anilines is 1. The summed E-state index contributed by atoms with van der Waals surface area (Å²) in [4.78, 5) is 20.9. The maximum absolute atomic E-state index is 13.6. The number of esters is 1. The standard InChI is InChI=1S/C26H36FN3O6S/c1-16(2)23-21(13-12-19(31)14-20(32)15-22(33)36-26(3,4)5)24(17-8-10-18(27)11-9-17)29-25(28-23)30(6)37(7,34)35/h8-13,16,19-20,31-32H,14-15H2,1-7H3/b13-12+. The van der Waals surface area contributed by atoms with Gasteiger partial charge in [0.1, 0.15) is 11.4 Å². The number of nitrogens with zero attached hydrogens (tertiary/aromatic N) is 3. The monoisotopic (exact) mass is 537 g/mol. The molecule has 2 aromatic rings. The molecule has 0 radical (unpaired) electrons. The molecule has 2 N–H and O–H groups in total. The van der Waals surface area contributed by atoms with E-state index in [2.05, 4.69) is 9.97 Å². The van der Waals surface area contributed by atoms with Gasteiger partial charge in [-0.05, 0) is 51.0 Å². The molecule has 2 atom stereocenters. The molecule has 204 valence electrons. The van der Waals surface area contributed by atoms with E-state index in [1.165, 1.54) is 37.4 Å². The van der Waals surface area contributed by atoms with Gasteiger partial charge in [-0.2, -0.15) is 0 Å². The summed E-state index contributed by atoms with van der Waals surface area (Å²) in [5, 5.41) is 20.8. The first-order valence-electron chi connectivity index (χ1n) is 11.9. The third-order valence-corrected chi connectivity index (χ3v) is 6.39. The topological polar surface area (TPSA) is 130 Å². The zero-order chi connectivity index (χ0) is 28.1. The Morgan fingerprint density at radius 2 is 1.76 bits per heavy atom. The van der Waals surface area contributed by atoms with Crippen molar-refractivity contribution in [3.8, 4) is 11.3 Å². The molecule has 1 aromatic heterocycles. The van der Waals surface area contributed by atoms with Crippen LogP contribution < -0.4 is 4.31 Å². The van der Waals surface area contributed by atoms with Crippen molar-refractivity contribution >= 4 is 28.0 Å². The van der Waals surface area contributed by atoms with Crippen molar-refractivity contribution in [2.24, 2.45) is 0 Å². The molecule has 0 aliphatic heterocycles. The molecule has 9 nitrogen and oxygen atoms in total. The van der Waals surface area contributed by atoms with Crippen molar-refractivity contribution in [1.82, 2.24) is 9.97 Å². The largest absolute Gasteiger partial charge is 0.460 e. The second kappa shape index (κ2) is 12.1. The summed E-state index contributed by atoms with van der Waals surface area (Å²) in [6.45, 7) is 8.92. The van der Waals surface area contributed by atoms with E-state index in [-0.39, 0.29) is 24.7 Å². The quantitative estimate of drug-likeness (QED) is 0.439. The van der Waals surface area contributed by atoms with Crippen molar-refractivity contribution in [1.29, 1.82) is 0 Å². The van der Waals surface area contributed by atoms with Crippen LogP contribution in [0.2, 0.25) is 0 Å². The molecule has 1 aromatic carbocycles. The number of carbonyl (C=O) groups excluding carboxylic acids is 1. The minimum absolute atomic E-state index is 0.0454. The van der Waals surface area contributed by atoms with Crippen LogP contribution in [-0.2, 0) is 19.6 Å². The fraction of sp³-hybridized carbons (Fsp3) is 0.500. The van der Waals surface area contributed by atoms with Crippen molar-refractivity contribution in [3.63, 3.8) is 0 Å². The molecule has 0 bridgehead atoms. The fourth-order valence-electron chi connectivity index (χ4n) is 3.42. The Balaban J connectivity index is 2.45. The summed E-state index contributed by atoms with van der Waals surface area (Å²) in [7, 11) is -2.31. The number of aliphatic hydroxyl groups excluding tert-OH is 2. The molecule has 0 aliphatic carbocycles. The van der Waals surface area contributed by atoms with Gasteiger partial charge in [0.15, 0.2) is 0 Å². The first kappa shape index (κ1) is 30.3. The zero-order valence-electron chi connectivity index (χ0n) is 22.3. The van der Waals surface area contributed by atoms with Gasteiger partial charge in [-0.1, -0.05) is 26.0 Å². The van der Waals surface area contributed by atoms with Gasteiger partial charge in [-0.25, -0.2) is 27.1 Å². The van der Waals surface area contributed by atoms with E-state index in [1.807, 2.05) is 13.8 Å². The summed E-state index contributed by atoms with van der Waals surface area (Å²) >= 11 is 0. The number of carbonyl (C=O) groups is 1. The van der Waals surface area contributed by atoms with E-state index < -0.39 is 39.6 Å². The van der Waals surface area contributed by atoms with Gasteiger partial charge in [-0.15, -0.1) is 0 Å². The zero-order valence-corrected chi connectivity index (χ0v) is 23.1. The van der Waals surface area contributed by atoms with Crippen LogP contribution in [0.5, 0.6) is 0 Å². The summed E-state index contributed by atoms with van der Waals surface area (Å²) in [5.74, 6) is -1.22. The van der Waals surface area contributed by atoms with Gasteiger partial charge in [0, 0.05) is 24.6 Å². The molecule has 1 heterocycles. The van der Waals surface area contributed by atoms with Gasteiger partial charge >= 0.3 is 5.97 Å². The van der Waals surface area contributed by atoms with Crippen LogP contribution in [0.3, 0.4) is 0 Å². The highest BCUT2D eigenvalue weighted by Gasteiger charge is 2.23. The highest BCUT2D eigenvalue weighted by atomic mass is 32.2. The van der Waals surface area contributed by atoms with Crippen LogP contribution in [0, 0.1) is 5.82 Å². The van der Waals surface area contributed by atoms with Crippen molar-refractivity contribution in [3.05, 3.63) is 47.4 Å². The van der Waals surface area contributed by atoms with Gasteiger partial charge in [0.05, 0.1) is 36.3 Å². The summed E-state index contributed by atoms with van der Waals surface area (Å²) < 4.78 is 44.1. The average molecular weight is 538 g/mol. The molecule has 11 heteroatoms. The molecule has 0 aliphatic rings. The second-order valence-corrected chi connectivity index (χ2v) is 12.2. The Bertz CT molecular complexity index is 1220. The Morgan fingerprint density at radius 3 is 2.27 bits per heavy atom. The number of hydrogen-bond donors (Lipinski definition) is 2. The van der Waals surface area contributed by atoms with E-state index >= 15 is 0 Å². The molecule has 0 spiro atoms. The van der Waals surface area contributed by atoms with Crippen molar-refractivity contribution in [2.45, 2.75) is 71.2 Å². The van der Waals surface area contributed by atoms with Crippen molar-refractivity contribution in [2.75, 3.05) is 17.6 Å². The van der Waals surface area contributed by atoms with Crippen LogP contribution in [-0.4, -0.2) is 65.7 Å². The molecule has 0 saturated carbocycles. The lowest BCUT2D eigenvalue weighted by molar-refractivity contribution is -0.157. The number of hydrogen-bond acceptors (Lipinski definition) is 8. The Morgan fingerprint density at radius 1 is 1.16 bits per heavy atom. The number of aliphatic hydroxyl groups is 2. The number of halogens is 1. The molecular formula is C26H36FN3O6S. The first-order chi connectivity index (χ1) is 17.0. The number of rotatable bonds is 10. The van der Waals surface area contributed by atoms with Crippen LogP contribution in [0.1, 0.15) is 64.6 Å². The van der Waals surface area contributed by atoms with Crippen molar-refractivity contribution < 1.29 is 32.6 Å². The van der Waals surface area contributed by atoms with Crippen LogP contribution in [0.15, 0.2) is 30.3 Å². The number of sulfonamides is 1. The van der Waals surface area contributed by atoms with Crippen LogP contribution >= 0.6 is 0 Å². The minimum Gasteiger partial charge on any atom is -0.460 e. The van der Waals surface area contributed by atoms with Gasteiger partial charge in [0.2, 0.25) is 16.0 Å². The number of aromatic nitrogens is 2. The lowest BCUT2D eigenvalue weighted by Crippen LogP contribution is -2.28. The molecule has 2 rings (SSSR count). The summed E-state index contributed by atoms with van der Waals surface area (Å²) in [5.41, 5.74) is 1.21. The maximum Gasteiger partial charge on any atom is 0.308 e. The van der Waals surface area contributed by atoms with E-state index in [9.17, 15) is 27.8 Å². The predicted molar refractivity (Wildman–Crippen MR) is 141 cm³/mol. The molecular weight excluding hydrogens is 501 g/mol. The lowest BCUT2D eigenvalue weighted by atomic mass is 9.97. The highest BCUT2D eigenvalue weighted by molar-refractivity contribution is 7.92. The molecule has 2 unspecified atom stereocenters. The normalized spacial score (nSPS) is 14.1. The molecule has 0 fully saturated rings. The van der Waals surface area contributed by atoms with E-state index in [0.29, 0.717) is 22.5 Å².